The second-order valence-corrected chi connectivity index (χ2v) is 9.07. The van der Waals surface area contributed by atoms with Gasteiger partial charge in [-0.25, -0.2) is 4.68 Å². The van der Waals surface area contributed by atoms with Crippen molar-refractivity contribution in [3.05, 3.63) is 66.1 Å². The largest absolute Gasteiger partial charge is 0.365 e. The number of hydrogen-bond donors (Lipinski definition) is 3. The van der Waals surface area contributed by atoms with Crippen LogP contribution in [0.1, 0.15) is 29.8 Å². The Bertz CT molecular complexity index is 1380. The number of carbonyl (C=O) groups is 1. The number of aromatic nitrogens is 5. The lowest BCUT2D eigenvalue weighted by atomic mass is 10.1. The van der Waals surface area contributed by atoms with Gasteiger partial charge < -0.3 is 20.5 Å². The van der Waals surface area contributed by atoms with Gasteiger partial charge in [0.1, 0.15) is 11.5 Å². The fourth-order valence-electron chi connectivity index (χ4n) is 4.67. The van der Waals surface area contributed by atoms with Gasteiger partial charge in [0.25, 0.3) is 0 Å². The van der Waals surface area contributed by atoms with E-state index in [0.29, 0.717) is 12.5 Å². The molecule has 5 rings (SSSR count). The molecule has 1 saturated heterocycles. The van der Waals surface area contributed by atoms with Crippen LogP contribution in [0.25, 0.3) is 16.7 Å². The highest BCUT2D eigenvalue weighted by Crippen LogP contribution is 2.28. The maximum Gasteiger partial charge on any atom is 0.246 e. The Morgan fingerprint density at radius 1 is 1.20 bits per heavy atom. The zero-order valence-corrected chi connectivity index (χ0v) is 20.3. The molecule has 1 atom stereocenters. The van der Waals surface area contributed by atoms with Crippen molar-refractivity contribution in [2.45, 2.75) is 39.7 Å². The number of anilines is 3. The Balaban J connectivity index is 1.39. The minimum Gasteiger partial charge on any atom is -0.365 e. The Hall–Kier alpha value is -4.14. The lowest BCUT2D eigenvalue weighted by molar-refractivity contribution is -0.127. The van der Waals surface area contributed by atoms with Crippen LogP contribution in [0.2, 0.25) is 0 Å². The molecule has 1 amide bonds. The number of amides is 1. The summed E-state index contributed by atoms with van der Waals surface area (Å²) in [6, 6.07) is 10.2. The fraction of sp³-hybridized carbons (Fsp3) is 0.308. The molecule has 35 heavy (non-hydrogen) atoms. The Morgan fingerprint density at radius 2 is 2.00 bits per heavy atom. The van der Waals surface area contributed by atoms with Crippen molar-refractivity contribution in [1.29, 1.82) is 0 Å². The number of aromatic amines is 1. The van der Waals surface area contributed by atoms with E-state index in [2.05, 4.69) is 38.3 Å². The Labute approximate surface area is 204 Å². The molecule has 0 spiro atoms. The molecule has 3 N–H and O–H groups in total. The zero-order chi connectivity index (χ0) is 24.5. The number of benzene rings is 1. The molecular weight excluding hydrogens is 440 g/mol. The molecule has 3 aromatic heterocycles. The molecule has 180 valence electrons. The quantitative estimate of drug-likeness (QED) is 0.361. The van der Waals surface area contributed by atoms with Gasteiger partial charge in [0, 0.05) is 36.7 Å². The van der Waals surface area contributed by atoms with Crippen molar-refractivity contribution >= 4 is 34.4 Å². The van der Waals surface area contributed by atoms with Crippen LogP contribution in [-0.4, -0.2) is 54.7 Å². The summed E-state index contributed by atoms with van der Waals surface area (Å²) < 4.78 is 1.93. The predicted molar refractivity (Wildman–Crippen MR) is 138 cm³/mol. The molecule has 0 radical (unpaired) electrons. The van der Waals surface area contributed by atoms with E-state index in [4.69, 9.17) is 4.98 Å². The van der Waals surface area contributed by atoms with Gasteiger partial charge in [0.2, 0.25) is 11.9 Å². The van der Waals surface area contributed by atoms with E-state index in [9.17, 15) is 4.79 Å². The van der Waals surface area contributed by atoms with Crippen molar-refractivity contribution in [1.82, 2.24) is 29.6 Å². The Kier molecular flexibility index (Phi) is 5.98. The highest BCUT2D eigenvalue weighted by molar-refractivity contribution is 5.92. The van der Waals surface area contributed by atoms with Crippen molar-refractivity contribution in [3.63, 3.8) is 0 Å². The van der Waals surface area contributed by atoms with Crippen LogP contribution in [0.4, 0.5) is 17.5 Å². The number of nitrogens with one attached hydrogen (secondary N) is 3. The molecule has 0 bridgehead atoms. The molecule has 4 heterocycles. The summed E-state index contributed by atoms with van der Waals surface area (Å²) in [4.78, 5) is 26.7. The summed E-state index contributed by atoms with van der Waals surface area (Å²) in [7, 11) is 0. The van der Waals surface area contributed by atoms with E-state index in [1.54, 1.807) is 0 Å². The number of piperidine rings is 1. The summed E-state index contributed by atoms with van der Waals surface area (Å²) in [5, 5.41) is 12.4. The van der Waals surface area contributed by atoms with Gasteiger partial charge in [0.05, 0.1) is 16.8 Å². The first-order valence-corrected chi connectivity index (χ1v) is 11.9. The predicted octanol–water partition coefficient (Wildman–Crippen LogP) is 4.40. The molecule has 0 saturated carbocycles. The van der Waals surface area contributed by atoms with E-state index < -0.39 is 0 Å². The minimum atomic E-state index is -0.0339. The van der Waals surface area contributed by atoms with Crippen molar-refractivity contribution in [3.8, 4) is 5.69 Å². The highest BCUT2D eigenvalue weighted by Gasteiger charge is 2.24. The maximum atomic E-state index is 12.1. The van der Waals surface area contributed by atoms with Crippen LogP contribution in [0, 0.1) is 20.8 Å². The van der Waals surface area contributed by atoms with Crippen molar-refractivity contribution in [2.75, 3.05) is 23.7 Å². The van der Waals surface area contributed by atoms with Gasteiger partial charge in [0.15, 0.2) is 0 Å². The third-order valence-corrected chi connectivity index (χ3v) is 6.35. The lowest BCUT2D eigenvalue weighted by Crippen LogP contribution is -2.44. The second-order valence-electron chi connectivity index (χ2n) is 9.07. The SMILES string of the molecule is C=CC(=O)N1CCCC(Nc2nc(Nc3ccc(-n4nc(C)cc4C)cc3)nc3[nH]cc(C)c23)C1. The number of nitrogens with zero attached hydrogens (tertiary/aromatic N) is 5. The van der Waals surface area contributed by atoms with Gasteiger partial charge in [-0.2, -0.15) is 15.1 Å². The normalized spacial score (nSPS) is 15.9. The van der Waals surface area contributed by atoms with Crippen LogP contribution < -0.4 is 10.6 Å². The first-order chi connectivity index (χ1) is 16.9. The Morgan fingerprint density at radius 3 is 2.71 bits per heavy atom. The summed E-state index contributed by atoms with van der Waals surface area (Å²) >= 11 is 0. The average Bonchev–Trinajstić information content (AvgIpc) is 3.40. The average molecular weight is 471 g/mol. The summed E-state index contributed by atoms with van der Waals surface area (Å²) in [5.74, 6) is 1.22. The monoisotopic (exact) mass is 470 g/mol. The van der Waals surface area contributed by atoms with Crippen LogP contribution in [0.3, 0.4) is 0 Å². The van der Waals surface area contributed by atoms with E-state index in [0.717, 1.165) is 64.6 Å². The zero-order valence-electron chi connectivity index (χ0n) is 20.3. The first-order valence-electron chi connectivity index (χ1n) is 11.9. The molecule has 1 aromatic carbocycles. The molecule has 1 fully saturated rings. The van der Waals surface area contributed by atoms with Crippen LogP contribution in [-0.2, 0) is 4.79 Å². The number of H-pyrrole nitrogens is 1. The van der Waals surface area contributed by atoms with Crippen LogP contribution in [0.5, 0.6) is 0 Å². The number of fused-ring (bicyclic) bond motifs is 1. The van der Waals surface area contributed by atoms with Crippen LogP contribution >= 0.6 is 0 Å². The summed E-state index contributed by atoms with van der Waals surface area (Å²) in [6.45, 7) is 11.1. The molecule has 1 aliphatic heterocycles. The number of hydrogen-bond acceptors (Lipinski definition) is 6. The van der Waals surface area contributed by atoms with Crippen molar-refractivity contribution in [2.24, 2.45) is 0 Å². The number of likely N-dealkylation sites (tertiary alicyclic amines) is 1. The van der Waals surface area contributed by atoms with Gasteiger partial charge >= 0.3 is 0 Å². The molecule has 1 aliphatic rings. The van der Waals surface area contributed by atoms with E-state index in [1.165, 1.54) is 6.08 Å². The van der Waals surface area contributed by atoms with Crippen LogP contribution in [0.15, 0.2) is 49.2 Å². The molecule has 0 aliphatic carbocycles. The van der Waals surface area contributed by atoms with Crippen molar-refractivity contribution < 1.29 is 4.79 Å². The molecule has 9 heteroatoms. The van der Waals surface area contributed by atoms with Gasteiger partial charge in [-0.05, 0) is 75.6 Å². The number of rotatable bonds is 6. The topological polar surface area (TPSA) is 104 Å². The van der Waals surface area contributed by atoms with E-state index in [1.807, 2.05) is 60.8 Å². The molecular formula is C26H30N8O. The fourth-order valence-corrected chi connectivity index (χ4v) is 4.67. The minimum absolute atomic E-state index is 0.0339. The van der Waals surface area contributed by atoms with E-state index in [-0.39, 0.29) is 11.9 Å². The smallest absolute Gasteiger partial charge is 0.246 e. The maximum absolute atomic E-state index is 12.1. The molecule has 9 nitrogen and oxygen atoms in total. The third kappa shape index (κ3) is 4.62. The third-order valence-electron chi connectivity index (χ3n) is 6.35. The van der Waals surface area contributed by atoms with Gasteiger partial charge in [-0.3, -0.25) is 4.79 Å². The molecule has 1 unspecified atom stereocenters. The van der Waals surface area contributed by atoms with E-state index >= 15 is 0 Å². The second kappa shape index (κ2) is 9.25. The first kappa shape index (κ1) is 22.6. The number of carbonyl (C=O) groups excluding carboxylic acids is 1. The summed E-state index contributed by atoms with van der Waals surface area (Å²) in [6.07, 6.45) is 5.21. The van der Waals surface area contributed by atoms with Gasteiger partial charge in [-0.15, -0.1) is 0 Å². The highest BCUT2D eigenvalue weighted by atomic mass is 16.2. The van der Waals surface area contributed by atoms with Gasteiger partial charge in [-0.1, -0.05) is 6.58 Å². The standard InChI is InChI=1S/C26H30N8O/c1-5-22(35)33-12-6-7-20(15-33)28-25-23-16(2)14-27-24(23)30-26(31-25)29-19-8-10-21(11-9-19)34-18(4)13-17(3)32-34/h5,8-11,13-14,20H,1,6-7,12,15H2,2-4H3,(H3,27,28,29,30,31). The molecule has 4 aromatic rings. The summed E-state index contributed by atoms with van der Waals surface area (Å²) in [5.41, 5.74) is 5.78. The number of aryl methyl sites for hydroxylation is 3. The lowest BCUT2D eigenvalue weighted by Gasteiger charge is -2.33.